The fourth-order valence-corrected chi connectivity index (χ4v) is 9.95. The summed E-state index contributed by atoms with van der Waals surface area (Å²) < 4.78 is 12.1. The molecule has 1 aliphatic heterocycles. The number of amides is 8. The number of carbonyl (C=O) groups excluding carboxylic acids is 7. The molecule has 8 amide bonds. The molecule has 0 saturated carbocycles. The van der Waals surface area contributed by atoms with Crippen LogP contribution < -0.4 is 37.6 Å². The third kappa shape index (κ3) is 18.4. The molecule has 0 radical (unpaired) electrons. The second kappa shape index (κ2) is 30.5. The van der Waals surface area contributed by atoms with Gasteiger partial charge in [-0.2, -0.15) is 0 Å². The molecule has 1 saturated heterocycles. The van der Waals surface area contributed by atoms with E-state index in [1.54, 1.807) is 62.2 Å². The van der Waals surface area contributed by atoms with Crippen LogP contribution in [-0.2, 0) is 51.2 Å². The van der Waals surface area contributed by atoms with Crippen molar-refractivity contribution >= 4 is 47.2 Å². The van der Waals surface area contributed by atoms with Crippen LogP contribution in [0, 0.1) is 23.7 Å². The van der Waals surface area contributed by atoms with Crippen LogP contribution in [0.4, 0.5) is 10.5 Å². The average molecular weight is 1020 g/mol. The summed E-state index contributed by atoms with van der Waals surface area (Å²) in [5.74, 6) is -2.75. The van der Waals surface area contributed by atoms with Gasteiger partial charge in [0.15, 0.2) is 0 Å². The van der Waals surface area contributed by atoms with Crippen molar-refractivity contribution in [1.82, 2.24) is 41.3 Å². The zero-order chi connectivity index (χ0) is 54.5. The number of benzene rings is 2. The van der Waals surface area contributed by atoms with Gasteiger partial charge in [-0.3, -0.25) is 33.7 Å². The summed E-state index contributed by atoms with van der Waals surface area (Å²) in [6.07, 6.45) is 1.82. The van der Waals surface area contributed by atoms with Crippen molar-refractivity contribution < 1.29 is 43.0 Å². The molecule has 2 aromatic rings. The smallest absolute Gasteiger partial charge is 0.312 e. The molecule has 0 bridgehead atoms. The second-order valence-electron chi connectivity index (χ2n) is 20.4. The van der Waals surface area contributed by atoms with E-state index in [9.17, 15) is 33.6 Å². The summed E-state index contributed by atoms with van der Waals surface area (Å²) in [5.41, 5.74) is 7.31. The lowest BCUT2D eigenvalue weighted by Crippen LogP contribution is -2.59. The van der Waals surface area contributed by atoms with Crippen LogP contribution in [0.25, 0.3) is 0 Å². The minimum atomic E-state index is -0.945. The number of hydrogen-bond donors (Lipinski definition) is 7. The molecule has 73 heavy (non-hydrogen) atoms. The molecule has 0 aliphatic carbocycles. The average Bonchev–Trinajstić information content (AvgIpc) is 3.84. The van der Waals surface area contributed by atoms with E-state index in [4.69, 9.17) is 15.2 Å². The maximum atomic E-state index is 14.5. The summed E-state index contributed by atoms with van der Waals surface area (Å²) in [6, 6.07) is 12.2. The largest absolute Gasteiger partial charge is 0.379 e. The highest BCUT2D eigenvalue weighted by molar-refractivity contribution is 5.95. The van der Waals surface area contributed by atoms with Crippen molar-refractivity contribution in [2.75, 3.05) is 60.8 Å². The Labute approximate surface area is 434 Å². The minimum absolute atomic E-state index is 0.0169. The number of hydrogen-bond acceptors (Lipinski definition) is 11. The van der Waals surface area contributed by atoms with E-state index < -0.39 is 72.2 Å². The molecule has 1 heterocycles. The number of urea groups is 1. The Kier molecular flexibility index (Phi) is 25.8. The molecule has 1 fully saturated rings. The van der Waals surface area contributed by atoms with Gasteiger partial charge in [0.1, 0.15) is 12.1 Å². The highest BCUT2D eigenvalue weighted by Gasteiger charge is 2.43. The SMILES string of the molecule is CC[C@H](C)[C@@H]([C@@H](CC(=O)N1CCC[C@H]1[C@H](OC)[C@@H](C)C(=O)N[C@@H](Cc1ccccc1)C(=O)NCc1ccc(NC(=O)[C@H](CCCNC(N)=O)NC)cc1)OC)N(C)C(=O)[C@@H](NC(=O)C(C(C)C)N(C)C)C(C)C. The molecular weight excluding hydrogens is 933 g/mol. The molecule has 10 atom stereocenters. The van der Waals surface area contributed by atoms with E-state index in [-0.39, 0.29) is 60.8 Å². The van der Waals surface area contributed by atoms with Gasteiger partial charge in [0.2, 0.25) is 35.4 Å². The Morgan fingerprint density at radius 2 is 1.44 bits per heavy atom. The predicted molar refractivity (Wildman–Crippen MR) is 284 cm³/mol. The number of carbonyl (C=O) groups is 7. The summed E-state index contributed by atoms with van der Waals surface area (Å²) in [5, 5.41) is 17.4. The van der Waals surface area contributed by atoms with Crippen molar-refractivity contribution in [3.05, 3.63) is 65.7 Å². The van der Waals surface area contributed by atoms with Crippen LogP contribution in [0.5, 0.6) is 0 Å². The maximum Gasteiger partial charge on any atom is 0.312 e. The Morgan fingerprint density at radius 1 is 0.781 bits per heavy atom. The number of likely N-dealkylation sites (tertiary alicyclic amines) is 1. The number of likely N-dealkylation sites (N-methyl/N-ethyl adjacent to an activating group) is 3. The van der Waals surface area contributed by atoms with Gasteiger partial charge in [-0.1, -0.05) is 97.4 Å². The van der Waals surface area contributed by atoms with Gasteiger partial charge < -0.3 is 56.9 Å². The molecule has 0 aromatic heterocycles. The van der Waals surface area contributed by atoms with Crippen LogP contribution in [0.15, 0.2) is 54.6 Å². The van der Waals surface area contributed by atoms with Crippen molar-refractivity contribution in [2.24, 2.45) is 29.4 Å². The first-order valence-corrected chi connectivity index (χ1v) is 25.9. The van der Waals surface area contributed by atoms with Gasteiger partial charge in [-0.05, 0) is 87.8 Å². The molecule has 408 valence electrons. The number of methoxy groups -OCH3 is 2. The van der Waals surface area contributed by atoms with Gasteiger partial charge in [-0.25, -0.2) is 4.79 Å². The monoisotopic (exact) mass is 1020 g/mol. The van der Waals surface area contributed by atoms with Gasteiger partial charge in [0, 0.05) is 53.0 Å². The summed E-state index contributed by atoms with van der Waals surface area (Å²) in [6.45, 7) is 14.5. The van der Waals surface area contributed by atoms with Crippen molar-refractivity contribution in [2.45, 2.75) is 148 Å². The van der Waals surface area contributed by atoms with Crippen molar-refractivity contribution in [3.63, 3.8) is 0 Å². The van der Waals surface area contributed by atoms with Gasteiger partial charge in [0.25, 0.3) is 0 Å². The summed E-state index contributed by atoms with van der Waals surface area (Å²) >= 11 is 0. The molecule has 1 unspecified atom stereocenters. The van der Waals surface area contributed by atoms with Crippen LogP contribution in [0.1, 0.15) is 98.1 Å². The lowest BCUT2D eigenvalue weighted by atomic mass is 9.89. The fraction of sp³-hybridized carbons (Fsp3) is 0.648. The zero-order valence-corrected chi connectivity index (χ0v) is 45.8. The molecule has 19 nitrogen and oxygen atoms in total. The van der Waals surface area contributed by atoms with Gasteiger partial charge in [-0.15, -0.1) is 0 Å². The van der Waals surface area contributed by atoms with E-state index >= 15 is 0 Å². The molecule has 19 heteroatoms. The fourth-order valence-electron chi connectivity index (χ4n) is 9.95. The Balaban J connectivity index is 1.75. The van der Waals surface area contributed by atoms with Gasteiger partial charge >= 0.3 is 6.03 Å². The normalized spacial score (nSPS) is 17.4. The van der Waals surface area contributed by atoms with Crippen LogP contribution in [0.3, 0.4) is 0 Å². The second-order valence-corrected chi connectivity index (χ2v) is 20.4. The molecule has 2 aromatic carbocycles. The molecule has 0 spiro atoms. The van der Waals surface area contributed by atoms with E-state index in [2.05, 4.69) is 31.9 Å². The first-order chi connectivity index (χ1) is 34.6. The lowest BCUT2D eigenvalue weighted by molar-refractivity contribution is -0.148. The molecule has 8 N–H and O–H groups in total. The number of nitrogens with zero attached hydrogens (tertiary/aromatic N) is 3. The van der Waals surface area contributed by atoms with Gasteiger partial charge in [0.05, 0.1) is 48.7 Å². The van der Waals surface area contributed by atoms with Crippen molar-refractivity contribution in [1.29, 1.82) is 0 Å². The lowest BCUT2D eigenvalue weighted by Gasteiger charge is -2.41. The summed E-state index contributed by atoms with van der Waals surface area (Å²) in [7, 11) is 10.2. The molecular formula is C54H88N10O9. The van der Waals surface area contributed by atoms with E-state index in [0.717, 1.165) is 11.1 Å². The number of ether oxygens (including phenoxy) is 2. The van der Waals surface area contributed by atoms with E-state index in [1.165, 1.54) is 7.11 Å². The topological polar surface area (TPSA) is 246 Å². The quantitative estimate of drug-likeness (QED) is 0.0557. The van der Waals surface area contributed by atoms with Crippen molar-refractivity contribution in [3.8, 4) is 0 Å². The minimum Gasteiger partial charge on any atom is -0.379 e. The number of rotatable bonds is 30. The standard InChI is InChI=1S/C54H88N10O9/c1-14-35(6)47(63(11)53(70)45(33(2)3)61-52(69)46(34(4)5)62(9)10)43(72-12)31-44(65)64-29-19-23-42(64)48(73-13)36(7)49(66)60-41(30-37-20-16-15-17-21-37)50(67)58-32-38-24-26-39(27-25-38)59-51(68)40(56-8)22-18-28-57-54(55)71/h15-17,20-21,24-27,33-36,40-43,45-48,56H,14,18-19,22-23,28-32H2,1-13H3,(H,58,67)(H,59,68)(H,60,66)(H,61,69)(H3,55,57,71)/t35-,36+,40-,41-,42-,43+,45-,46?,47-,48+/m0/s1. The van der Waals surface area contributed by atoms with Crippen LogP contribution in [0.2, 0.25) is 0 Å². The Morgan fingerprint density at radius 3 is 1.99 bits per heavy atom. The van der Waals surface area contributed by atoms with E-state index in [0.29, 0.717) is 50.9 Å². The number of primary amides is 1. The van der Waals surface area contributed by atoms with Crippen LogP contribution >= 0.6 is 0 Å². The zero-order valence-electron chi connectivity index (χ0n) is 45.8. The highest BCUT2D eigenvalue weighted by Crippen LogP contribution is 2.30. The molecule has 1 aliphatic rings. The Hall–Kier alpha value is -5.63. The third-order valence-corrected chi connectivity index (χ3v) is 14.2. The number of nitrogens with one attached hydrogen (secondary N) is 6. The number of anilines is 1. The Bertz CT molecular complexity index is 2070. The first kappa shape index (κ1) is 61.7. The van der Waals surface area contributed by atoms with Crippen LogP contribution in [-0.4, -0.2) is 160 Å². The third-order valence-electron chi connectivity index (χ3n) is 14.2. The van der Waals surface area contributed by atoms with E-state index in [1.807, 2.05) is 90.9 Å². The highest BCUT2D eigenvalue weighted by atomic mass is 16.5. The summed E-state index contributed by atoms with van der Waals surface area (Å²) in [4.78, 5) is 99.8. The first-order valence-electron chi connectivity index (χ1n) is 25.9. The predicted octanol–water partition coefficient (Wildman–Crippen LogP) is 3.65. The maximum absolute atomic E-state index is 14.5. The molecule has 3 rings (SSSR count). The number of nitrogens with two attached hydrogens (primary N) is 1.